The van der Waals surface area contributed by atoms with Crippen molar-refractivity contribution in [2.24, 2.45) is 5.41 Å². The minimum atomic E-state index is -4.60. The van der Waals surface area contributed by atoms with Crippen LogP contribution < -0.4 is 10.2 Å². The molecule has 0 aliphatic rings. The van der Waals surface area contributed by atoms with Gasteiger partial charge in [0.05, 0.1) is 11.4 Å². The molecular formula is C20H21F4N3O2S. The molecule has 2 rings (SSSR count). The maximum absolute atomic E-state index is 14.1. The molecule has 30 heavy (non-hydrogen) atoms. The number of aromatic nitrogens is 1. The standard InChI is InChI=1S/C20H21F4N3O2S/c1-12(28)27(15-8-6-5-7-14(15)21)18-25-13(11-30-18)9-10-16(29)26-17(19(2,3)4)20(22,23)24/h5-11,17H,1-4H3,(H,26,29)/b10-9+/t17-/m1/s1. The molecule has 0 spiro atoms. The van der Waals surface area contributed by atoms with Gasteiger partial charge in [-0.1, -0.05) is 32.9 Å². The van der Waals surface area contributed by atoms with E-state index in [4.69, 9.17) is 0 Å². The molecule has 1 N–H and O–H groups in total. The molecule has 0 aliphatic heterocycles. The van der Waals surface area contributed by atoms with Crippen molar-refractivity contribution in [2.45, 2.75) is 39.9 Å². The summed E-state index contributed by atoms with van der Waals surface area (Å²) in [4.78, 5) is 29.3. The first kappa shape index (κ1) is 23.5. The van der Waals surface area contributed by atoms with Crippen LogP contribution in [0.1, 0.15) is 33.4 Å². The van der Waals surface area contributed by atoms with E-state index in [9.17, 15) is 27.2 Å². The molecule has 0 fully saturated rings. The predicted octanol–water partition coefficient (Wildman–Crippen LogP) is 5.07. The number of hydrogen-bond acceptors (Lipinski definition) is 4. The Labute approximate surface area is 175 Å². The molecule has 162 valence electrons. The highest BCUT2D eigenvalue weighted by molar-refractivity contribution is 7.14. The number of benzene rings is 1. The van der Waals surface area contributed by atoms with Gasteiger partial charge in [0.1, 0.15) is 11.9 Å². The van der Waals surface area contributed by atoms with Gasteiger partial charge in [-0.2, -0.15) is 13.2 Å². The van der Waals surface area contributed by atoms with E-state index in [1.165, 1.54) is 57.4 Å². The zero-order valence-electron chi connectivity index (χ0n) is 16.7. The molecule has 0 saturated heterocycles. The molecule has 0 saturated carbocycles. The SMILES string of the molecule is CC(=O)N(c1nc(/C=C/C(=O)N[C@H](C(C)(C)C)C(F)(F)F)cs1)c1ccccc1F. The molecule has 1 aromatic carbocycles. The van der Waals surface area contributed by atoms with Crippen molar-refractivity contribution in [3.63, 3.8) is 0 Å². The van der Waals surface area contributed by atoms with E-state index in [0.717, 1.165) is 22.3 Å². The number of nitrogens with zero attached hydrogens (tertiary/aromatic N) is 2. The topological polar surface area (TPSA) is 62.3 Å². The van der Waals surface area contributed by atoms with Gasteiger partial charge in [0, 0.05) is 18.4 Å². The Morgan fingerprint density at radius 1 is 1.20 bits per heavy atom. The lowest BCUT2D eigenvalue weighted by Gasteiger charge is -2.32. The fourth-order valence-corrected chi connectivity index (χ4v) is 3.48. The lowest BCUT2D eigenvalue weighted by Crippen LogP contribution is -2.52. The van der Waals surface area contributed by atoms with Gasteiger partial charge in [-0.05, 0) is 23.6 Å². The smallest absolute Gasteiger partial charge is 0.340 e. The van der Waals surface area contributed by atoms with Crippen molar-refractivity contribution >= 4 is 40.0 Å². The number of rotatable bonds is 5. The third kappa shape index (κ3) is 5.88. The second-order valence-corrected chi connectivity index (χ2v) is 8.38. The third-order valence-corrected chi connectivity index (χ3v) is 4.84. The monoisotopic (exact) mass is 443 g/mol. The van der Waals surface area contributed by atoms with E-state index in [-0.39, 0.29) is 16.5 Å². The van der Waals surface area contributed by atoms with E-state index in [0.29, 0.717) is 0 Å². The van der Waals surface area contributed by atoms with Crippen LogP contribution in [0.2, 0.25) is 0 Å². The largest absolute Gasteiger partial charge is 0.409 e. The van der Waals surface area contributed by atoms with E-state index in [1.54, 1.807) is 6.07 Å². The number of hydrogen-bond donors (Lipinski definition) is 1. The average Bonchev–Trinajstić information content (AvgIpc) is 3.06. The second-order valence-electron chi connectivity index (χ2n) is 7.54. The molecule has 1 heterocycles. The summed E-state index contributed by atoms with van der Waals surface area (Å²) in [5.74, 6) is -2.01. The Bertz CT molecular complexity index is 934. The number of para-hydroxylation sites is 1. The number of alkyl halides is 3. The third-order valence-electron chi connectivity index (χ3n) is 3.99. The van der Waals surface area contributed by atoms with Crippen LogP contribution in [0.5, 0.6) is 0 Å². The summed E-state index contributed by atoms with van der Waals surface area (Å²) in [6, 6.07) is 3.65. The van der Waals surface area contributed by atoms with Crippen LogP contribution in [0.15, 0.2) is 35.7 Å². The Morgan fingerprint density at radius 3 is 2.37 bits per heavy atom. The fourth-order valence-electron chi connectivity index (χ4n) is 2.64. The van der Waals surface area contributed by atoms with Gasteiger partial charge < -0.3 is 5.32 Å². The lowest BCUT2D eigenvalue weighted by molar-refractivity contribution is -0.179. The summed E-state index contributed by atoms with van der Waals surface area (Å²) in [7, 11) is 0. The quantitative estimate of drug-likeness (QED) is 0.518. The fraction of sp³-hybridized carbons (Fsp3) is 0.350. The number of carbonyl (C=O) groups is 2. The highest BCUT2D eigenvalue weighted by Crippen LogP contribution is 2.33. The van der Waals surface area contributed by atoms with Crippen LogP contribution in [0.3, 0.4) is 0 Å². The van der Waals surface area contributed by atoms with Gasteiger partial charge in [0.2, 0.25) is 11.8 Å². The summed E-state index contributed by atoms with van der Waals surface area (Å²) < 4.78 is 53.6. The Balaban J connectivity index is 2.20. The van der Waals surface area contributed by atoms with Gasteiger partial charge in [0.15, 0.2) is 5.13 Å². The summed E-state index contributed by atoms with van der Waals surface area (Å²) in [6.07, 6.45) is -2.44. The van der Waals surface area contributed by atoms with E-state index >= 15 is 0 Å². The Kier molecular flexibility index (Phi) is 7.02. The van der Waals surface area contributed by atoms with Gasteiger partial charge in [-0.15, -0.1) is 11.3 Å². The number of anilines is 2. The predicted molar refractivity (Wildman–Crippen MR) is 108 cm³/mol. The van der Waals surface area contributed by atoms with Crippen LogP contribution >= 0.6 is 11.3 Å². The number of halogens is 4. The molecule has 1 aromatic heterocycles. The molecule has 2 aromatic rings. The molecule has 1 atom stereocenters. The van der Waals surface area contributed by atoms with Gasteiger partial charge in [-0.25, -0.2) is 9.37 Å². The van der Waals surface area contributed by atoms with Crippen molar-refractivity contribution in [1.29, 1.82) is 0 Å². The van der Waals surface area contributed by atoms with E-state index < -0.39 is 35.3 Å². The van der Waals surface area contributed by atoms with Crippen LogP contribution in [0.25, 0.3) is 6.08 Å². The maximum Gasteiger partial charge on any atom is 0.409 e. The molecule has 2 amide bonds. The Hall–Kier alpha value is -2.75. The summed E-state index contributed by atoms with van der Waals surface area (Å²) >= 11 is 1.03. The molecule has 0 radical (unpaired) electrons. The van der Waals surface area contributed by atoms with Crippen molar-refractivity contribution < 1.29 is 27.2 Å². The highest BCUT2D eigenvalue weighted by Gasteiger charge is 2.47. The van der Waals surface area contributed by atoms with Crippen LogP contribution in [-0.4, -0.2) is 29.0 Å². The lowest BCUT2D eigenvalue weighted by atomic mass is 9.86. The minimum absolute atomic E-state index is 0.0193. The van der Waals surface area contributed by atoms with Crippen LogP contribution in [0, 0.1) is 11.2 Å². The number of thiazole rings is 1. The highest BCUT2D eigenvalue weighted by atomic mass is 32.1. The molecule has 0 unspecified atom stereocenters. The van der Waals surface area contributed by atoms with Crippen molar-refractivity contribution in [3.05, 3.63) is 47.2 Å². The van der Waals surface area contributed by atoms with Crippen molar-refractivity contribution in [1.82, 2.24) is 10.3 Å². The second kappa shape index (κ2) is 8.95. The number of amides is 2. The van der Waals surface area contributed by atoms with Gasteiger partial charge in [0.25, 0.3) is 0 Å². The first-order valence-corrected chi connectivity index (χ1v) is 9.74. The van der Waals surface area contributed by atoms with Gasteiger partial charge in [-0.3, -0.25) is 14.5 Å². The minimum Gasteiger partial charge on any atom is -0.340 e. The average molecular weight is 443 g/mol. The zero-order chi connectivity index (χ0) is 22.7. The first-order valence-electron chi connectivity index (χ1n) is 8.86. The normalized spacial score (nSPS) is 13.3. The molecule has 0 aliphatic carbocycles. The summed E-state index contributed by atoms with van der Waals surface area (Å²) in [5, 5.41) is 3.62. The number of nitrogens with one attached hydrogen (secondary N) is 1. The van der Waals surface area contributed by atoms with E-state index in [1.807, 2.05) is 5.32 Å². The van der Waals surface area contributed by atoms with Crippen molar-refractivity contribution in [2.75, 3.05) is 4.90 Å². The van der Waals surface area contributed by atoms with Crippen LogP contribution in [0.4, 0.5) is 28.4 Å². The van der Waals surface area contributed by atoms with Gasteiger partial charge >= 0.3 is 6.18 Å². The Morgan fingerprint density at radius 2 is 1.83 bits per heavy atom. The molecule has 5 nitrogen and oxygen atoms in total. The van der Waals surface area contributed by atoms with E-state index in [2.05, 4.69) is 4.98 Å². The number of carbonyl (C=O) groups excluding carboxylic acids is 2. The molecule has 10 heteroatoms. The zero-order valence-corrected chi connectivity index (χ0v) is 17.6. The van der Waals surface area contributed by atoms with Crippen molar-refractivity contribution in [3.8, 4) is 0 Å². The summed E-state index contributed by atoms with van der Waals surface area (Å²) in [5.41, 5.74) is -0.963. The summed E-state index contributed by atoms with van der Waals surface area (Å²) in [6.45, 7) is 5.38. The molecular weight excluding hydrogens is 422 g/mol. The van der Waals surface area contributed by atoms with Crippen LogP contribution in [-0.2, 0) is 9.59 Å². The first-order chi connectivity index (χ1) is 13.8. The maximum atomic E-state index is 14.1. The molecule has 0 bridgehead atoms.